The average Bonchev–Trinajstić information content (AvgIpc) is 3.12. The van der Waals surface area contributed by atoms with Crippen LogP contribution in [0.1, 0.15) is 6.42 Å². The highest BCUT2D eigenvalue weighted by atomic mass is 19.1. The molecule has 4 rings (SSSR count). The SMILES string of the molecule is O=C(Oc1ccc(-c2ccccc2)cc1)C1CC(=O)N(c2ccc(F)cc2)C1. The van der Waals surface area contributed by atoms with Gasteiger partial charge in [-0.25, -0.2) is 4.39 Å². The van der Waals surface area contributed by atoms with Gasteiger partial charge in [-0.2, -0.15) is 0 Å². The third-order valence-corrected chi connectivity index (χ3v) is 4.78. The smallest absolute Gasteiger partial charge is 0.316 e. The van der Waals surface area contributed by atoms with Crippen molar-refractivity contribution in [3.63, 3.8) is 0 Å². The molecule has 1 aliphatic rings. The molecule has 28 heavy (non-hydrogen) atoms. The topological polar surface area (TPSA) is 46.6 Å². The number of hydrogen-bond donors (Lipinski definition) is 0. The molecule has 0 N–H and O–H groups in total. The Morgan fingerprint density at radius 2 is 1.54 bits per heavy atom. The van der Waals surface area contributed by atoms with Crippen molar-refractivity contribution < 1.29 is 18.7 Å². The Morgan fingerprint density at radius 3 is 2.21 bits per heavy atom. The number of esters is 1. The van der Waals surface area contributed by atoms with Gasteiger partial charge in [0, 0.05) is 18.7 Å². The third kappa shape index (κ3) is 3.78. The normalized spacial score (nSPS) is 16.2. The van der Waals surface area contributed by atoms with Gasteiger partial charge in [0.2, 0.25) is 5.91 Å². The predicted octanol–water partition coefficient (Wildman–Crippen LogP) is 4.45. The third-order valence-electron chi connectivity index (χ3n) is 4.78. The Bertz CT molecular complexity index is 985. The molecule has 0 aromatic heterocycles. The molecule has 1 aliphatic heterocycles. The highest BCUT2D eigenvalue weighted by molar-refractivity contribution is 5.99. The Labute approximate surface area is 162 Å². The van der Waals surface area contributed by atoms with E-state index in [1.54, 1.807) is 12.1 Å². The van der Waals surface area contributed by atoms with Gasteiger partial charge in [-0.15, -0.1) is 0 Å². The first-order valence-corrected chi connectivity index (χ1v) is 9.03. The fourth-order valence-electron chi connectivity index (χ4n) is 3.28. The number of benzene rings is 3. The zero-order valence-corrected chi connectivity index (χ0v) is 15.0. The number of carbonyl (C=O) groups is 2. The minimum Gasteiger partial charge on any atom is -0.426 e. The highest BCUT2D eigenvalue weighted by Crippen LogP contribution is 2.27. The molecule has 0 aliphatic carbocycles. The van der Waals surface area contributed by atoms with Crippen molar-refractivity contribution in [2.75, 3.05) is 11.4 Å². The summed E-state index contributed by atoms with van der Waals surface area (Å²) in [4.78, 5) is 26.2. The number of carbonyl (C=O) groups excluding carboxylic acids is 2. The van der Waals surface area contributed by atoms with Crippen molar-refractivity contribution in [1.82, 2.24) is 0 Å². The van der Waals surface area contributed by atoms with Crippen molar-refractivity contribution in [2.24, 2.45) is 5.92 Å². The molecule has 1 saturated heterocycles. The molecule has 0 radical (unpaired) electrons. The first kappa shape index (κ1) is 17.9. The Kier molecular flexibility index (Phi) is 4.89. The maximum absolute atomic E-state index is 13.1. The summed E-state index contributed by atoms with van der Waals surface area (Å²) in [6, 6.07) is 22.8. The number of rotatable bonds is 4. The van der Waals surface area contributed by atoms with Gasteiger partial charge in [-0.05, 0) is 47.5 Å². The van der Waals surface area contributed by atoms with Crippen LogP contribution in [-0.2, 0) is 9.59 Å². The quantitative estimate of drug-likeness (QED) is 0.500. The number of amides is 1. The maximum Gasteiger partial charge on any atom is 0.316 e. The zero-order valence-electron chi connectivity index (χ0n) is 15.0. The Morgan fingerprint density at radius 1 is 0.893 bits per heavy atom. The van der Waals surface area contributed by atoms with Crippen molar-refractivity contribution in [3.05, 3.63) is 84.7 Å². The molecule has 3 aromatic rings. The van der Waals surface area contributed by atoms with Crippen molar-refractivity contribution in [3.8, 4) is 16.9 Å². The summed E-state index contributed by atoms with van der Waals surface area (Å²) in [6.45, 7) is 0.228. The van der Waals surface area contributed by atoms with Crippen LogP contribution in [0.25, 0.3) is 11.1 Å². The van der Waals surface area contributed by atoms with E-state index >= 15 is 0 Å². The number of ether oxygens (including phenoxy) is 1. The van der Waals surface area contributed by atoms with E-state index in [1.165, 1.54) is 29.2 Å². The Hall–Kier alpha value is -3.47. The lowest BCUT2D eigenvalue weighted by molar-refractivity contribution is -0.139. The lowest BCUT2D eigenvalue weighted by Gasteiger charge is -2.16. The fraction of sp³-hybridized carbons (Fsp3) is 0.130. The standard InChI is InChI=1S/C23H18FNO3/c24-19-8-10-20(11-9-19)25-15-18(14-22(25)26)23(27)28-21-12-6-17(7-13-21)16-4-2-1-3-5-16/h1-13,18H,14-15H2. The molecule has 0 saturated carbocycles. The largest absolute Gasteiger partial charge is 0.426 e. The van der Waals surface area contributed by atoms with Crippen LogP contribution in [0.5, 0.6) is 5.75 Å². The molecule has 1 atom stereocenters. The second-order valence-corrected chi connectivity index (χ2v) is 6.69. The monoisotopic (exact) mass is 375 g/mol. The summed E-state index contributed by atoms with van der Waals surface area (Å²) in [6.07, 6.45) is 0.0817. The molecule has 0 spiro atoms. The van der Waals surface area contributed by atoms with Crippen molar-refractivity contribution in [1.29, 1.82) is 0 Å². The summed E-state index contributed by atoms with van der Waals surface area (Å²) in [5.74, 6) is -1.09. The summed E-state index contributed by atoms with van der Waals surface area (Å²) in [5, 5.41) is 0. The maximum atomic E-state index is 13.1. The van der Waals surface area contributed by atoms with E-state index < -0.39 is 11.9 Å². The second kappa shape index (κ2) is 7.64. The number of halogens is 1. The first-order valence-electron chi connectivity index (χ1n) is 9.03. The van der Waals surface area contributed by atoms with E-state index in [9.17, 15) is 14.0 Å². The molecule has 1 amide bonds. The fourth-order valence-corrected chi connectivity index (χ4v) is 3.28. The first-order chi connectivity index (χ1) is 13.6. The molecule has 4 nitrogen and oxygen atoms in total. The van der Waals surface area contributed by atoms with Gasteiger partial charge in [0.1, 0.15) is 11.6 Å². The van der Waals surface area contributed by atoms with E-state index in [2.05, 4.69) is 0 Å². The lowest BCUT2D eigenvalue weighted by Crippen LogP contribution is -2.27. The number of nitrogens with zero attached hydrogens (tertiary/aromatic N) is 1. The molecule has 0 bridgehead atoms. The molecular formula is C23H18FNO3. The van der Waals surface area contributed by atoms with Gasteiger partial charge in [0.05, 0.1) is 5.92 Å². The minimum atomic E-state index is -0.550. The molecule has 1 unspecified atom stereocenters. The molecule has 1 fully saturated rings. The van der Waals surface area contributed by atoms with E-state index in [-0.39, 0.29) is 24.7 Å². The second-order valence-electron chi connectivity index (χ2n) is 6.69. The molecule has 1 heterocycles. The Balaban J connectivity index is 1.41. The summed E-state index contributed by atoms with van der Waals surface area (Å²) in [5.41, 5.74) is 2.68. The van der Waals surface area contributed by atoms with Gasteiger partial charge >= 0.3 is 5.97 Å². The molecular weight excluding hydrogens is 357 g/mol. The van der Waals surface area contributed by atoms with E-state index in [4.69, 9.17) is 4.74 Å². The van der Waals surface area contributed by atoms with Gasteiger partial charge in [-0.3, -0.25) is 9.59 Å². The van der Waals surface area contributed by atoms with Crippen LogP contribution in [0.4, 0.5) is 10.1 Å². The molecule has 3 aromatic carbocycles. The molecule has 140 valence electrons. The summed E-state index contributed by atoms with van der Waals surface area (Å²) in [7, 11) is 0. The van der Waals surface area contributed by atoms with E-state index in [0.29, 0.717) is 11.4 Å². The van der Waals surface area contributed by atoms with Crippen LogP contribution in [0.3, 0.4) is 0 Å². The van der Waals surface area contributed by atoms with Crippen LogP contribution in [-0.4, -0.2) is 18.4 Å². The van der Waals surface area contributed by atoms with Gasteiger partial charge < -0.3 is 9.64 Å². The van der Waals surface area contributed by atoms with Crippen LogP contribution < -0.4 is 9.64 Å². The summed E-state index contributed by atoms with van der Waals surface area (Å²) < 4.78 is 18.5. The van der Waals surface area contributed by atoms with Gasteiger partial charge in [0.25, 0.3) is 0 Å². The number of hydrogen-bond acceptors (Lipinski definition) is 3. The highest BCUT2D eigenvalue weighted by Gasteiger charge is 2.36. The minimum absolute atomic E-state index is 0.0817. The van der Waals surface area contributed by atoms with Crippen molar-refractivity contribution >= 4 is 17.6 Å². The van der Waals surface area contributed by atoms with Crippen LogP contribution >= 0.6 is 0 Å². The number of anilines is 1. The average molecular weight is 375 g/mol. The lowest BCUT2D eigenvalue weighted by atomic mass is 10.1. The van der Waals surface area contributed by atoms with E-state index in [1.807, 2.05) is 42.5 Å². The van der Waals surface area contributed by atoms with Crippen molar-refractivity contribution in [2.45, 2.75) is 6.42 Å². The van der Waals surface area contributed by atoms with Crippen LogP contribution in [0.15, 0.2) is 78.9 Å². The predicted molar refractivity (Wildman–Crippen MR) is 104 cm³/mol. The van der Waals surface area contributed by atoms with E-state index in [0.717, 1.165) is 11.1 Å². The summed E-state index contributed by atoms with van der Waals surface area (Å²) >= 11 is 0. The van der Waals surface area contributed by atoms with Gasteiger partial charge in [-0.1, -0.05) is 42.5 Å². The zero-order chi connectivity index (χ0) is 19.5. The van der Waals surface area contributed by atoms with Crippen LogP contribution in [0, 0.1) is 11.7 Å². The van der Waals surface area contributed by atoms with Crippen LogP contribution in [0.2, 0.25) is 0 Å². The van der Waals surface area contributed by atoms with Gasteiger partial charge in [0.15, 0.2) is 0 Å². The molecule has 5 heteroatoms.